The molecule has 31 heavy (non-hydrogen) atoms. The molecule has 0 saturated carbocycles. The first-order chi connectivity index (χ1) is 15.0. The minimum atomic E-state index is 0.0113. The van der Waals surface area contributed by atoms with Crippen molar-refractivity contribution in [1.82, 2.24) is 25.1 Å². The van der Waals surface area contributed by atoms with Gasteiger partial charge in [-0.05, 0) is 38.8 Å². The van der Waals surface area contributed by atoms with Crippen LogP contribution in [0.25, 0.3) is 21.3 Å². The van der Waals surface area contributed by atoms with Gasteiger partial charge in [-0.25, -0.2) is 9.97 Å². The van der Waals surface area contributed by atoms with Gasteiger partial charge in [-0.2, -0.15) is 5.10 Å². The van der Waals surface area contributed by atoms with Crippen molar-refractivity contribution >= 4 is 39.2 Å². The Bertz CT molecular complexity index is 1200. The molecule has 8 heteroatoms. The van der Waals surface area contributed by atoms with Crippen molar-refractivity contribution in [2.24, 2.45) is 0 Å². The topological polar surface area (TPSA) is 72.7 Å². The lowest BCUT2D eigenvalue weighted by atomic mass is 10.1. The van der Waals surface area contributed by atoms with Crippen LogP contribution < -0.4 is 5.32 Å². The number of thiophene rings is 1. The monoisotopic (exact) mass is 451 g/mol. The minimum Gasteiger partial charge on any atom is -0.355 e. The smallest absolute Gasteiger partial charge is 0.230 e. The first-order valence-electron chi connectivity index (χ1n) is 10.2. The molecule has 1 aromatic carbocycles. The van der Waals surface area contributed by atoms with Crippen molar-refractivity contribution in [3.63, 3.8) is 0 Å². The molecule has 0 unspecified atom stereocenters. The summed E-state index contributed by atoms with van der Waals surface area (Å²) in [5, 5.41) is 11.4. The van der Waals surface area contributed by atoms with Crippen molar-refractivity contribution in [1.29, 1.82) is 0 Å². The molecular formula is C23H25N5OS2. The summed E-state index contributed by atoms with van der Waals surface area (Å²) in [6, 6.07) is 10.5. The van der Waals surface area contributed by atoms with E-state index in [9.17, 15) is 4.79 Å². The number of carbonyl (C=O) groups excluding carboxylic acids is 1. The van der Waals surface area contributed by atoms with Crippen molar-refractivity contribution in [2.45, 2.75) is 38.8 Å². The number of thioether (sulfide) groups is 1. The fraction of sp³-hybridized carbons (Fsp3) is 0.304. The number of amides is 1. The third-order valence-corrected chi connectivity index (χ3v) is 6.89. The van der Waals surface area contributed by atoms with Crippen LogP contribution in [0.15, 0.2) is 47.1 Å². The fourth-order valence-corrected chi connectivity index (χ4v) is 5.27. The summed E-state index contributed by atoms with van der Waals surface area (Å²) in [5.41, 5.74) is 5.65. The molecule has 0 bridgehead atoms. The molecule has 1 amide bonds. The Balaban J connectivity index is 1.36. The van der Waals surface area contributed by atoms with E-state index in [1.165, 1.54) is 17.3 Å². The molecule has 0 aliphatic carbocycles. The van der Waals surface area contributed by atoms with E-state index < -0.39 is 0 Å². The van der Waals surface area contributed by atoms with Gasteiger partial charge in [-0.1, -0.05) is 41.6 Å². The molecular weight excluding hydrogens is 426 g/mol. The van der Waals surface area contributed by atoms with E-state index in [-0.39, 0.29) is 5.91 Å². The Kier molecular flexibility index (Phi) is 6.67. The van der Waals surface area contributed by atoms with Gasteiger partial charge in [-0.15, -0.1) is 11.3 Å². The van der Waals surface area contributed by atoms with Crippen LogP contribution in [0, 0.1) is 20.8 Å². The van der Waals surface area contributed by atoms with Gasteiger partial charge in [0.2, 0.25) is 5.91 Å². The molecule has 1 N–H and O–H groups in total. The van der Waals surface area contributed by atoms with Crippen LogP contribution in [0.2, 0.25) is 0 Å². The van der Waals surface area contributed by atoms with Crippen molar-refractivity contribution < 1.29 is 4.79 Å². The highest BCUT2D eigenvalue weighted by Crippen LogP contribution is 2.37. The highest BCUT2D eigenvalue weighted by atomic mass is 32.2. The van der Waals surface area contributed by atoms with E-state index in [1.54, 1.807) is 17.7 Å². The molecule has 4 rings (SSSR count). The number of nitrogens with one attached hydrogen (secondary N) is 1. The van der Waals surface area contributed by atoms with Crippen molar-refractivity contribution in [3.8, 4) is 11.1 Å². The van der Waals surface area contributed by atoms with Gasteiger partial charge in [0.25, 0.3) is 0 Å². The summed E-state index contributed by atoms with van der Waals surface area (Å²) >= 11 is 3.07. The number of nitrogens with zero attached hydrogens (tertiary/aromatic N) is 4. The number of aromatic nitrogens is 4. The highest BCUT2D eigenvalue weighted by molar-refractivity contribution is 8.00. The van der Waals surface area contributed by atoms with Crippen LogP contribution in [0.1, 0.15) is 23.4 Å². The summed E-state index contributed by atoms with van der Waals surface area (Å²) in [6.07, 6.45) is 2.42. The lowest BCUT2D eigenvalue weighted by molar-refractivity contribution is -0.118. The summed E-state index contributed by atoms with van der Waals surface area (Å²) in [7, 11) is 0. The van der Waals surface area contributed by atoms with E-state index in [2.05, 4.69) is 63.0 Å². The van der Waals surface area contributed by atoms with Gasteiger partial charge in [0.05, 0.1) is 16.8 Å². The summed E-state index contributed by atoms with van der Waals surface area (Å²) in [6.45, 7) is 7.55. The van der Waals surface area contributed by atoms with E-state index in [0.29, 0.717) is 12.3 Å². The van der Waals surface area contributed by atoms with E-state index in [1.807, 2.05) is 18.5 Å². The molecule has 160 valence electrons. The second kappa shape index (κ2) is 9.62. The standard InChI is InChI=1S/C23H25N5OS2/c1-15-5-7-18(8-6-15)19-12-30-22-21(19)23(26-14-25-22)31-13-20(29)24-9-4-10-28-17(3)11-16(2)27-28/h5-8,11-12,14H,4,9-10,13H2,1-3H3,(H,24,29). The second-order valence-corrected chi connectivity index (χ2v) is 9.34. The third kappa shape index (κ3) is 5.14. The normalized spacial score (nSPS) is 11.2. The van der Waals surface area contributed by atoms with Gasteiger partial charge in [-0.3, -0.25) is 9.48 Å². The molecule has 3 heterocycles. The number of hydrogen-bond donors (Lipinski definition) is 1. The Morgan fingerprint density at radius 1 is 1.16 bits per heavy atom. The number of fused-ring (bicyclic) bond motifs is 1. The zero-order chi connectivity index (χ0) is 21.8. The molecule has 0 fully saturated rings. The van der Waals surface area contributed by atoms with Gasteiger partial charge >= 0.3 is 0 Å². The van der Waals surface area contributed by atoms with Crippen LogP contribution >= 0.6 is 23.1 Å². The number of aryl methyl sites for hydroxylation is 4. The Labute approximate surface area is 190 Å². The van der Waals surface area contributed by atoms with E-state index >= 15 is 0 Å². The first-order valence-corrected chi connectivity index (χ1v) is 12.1. The molecule has 3 aromatic heterocycles. The predicted octanol–water partition coefficient (Wildman–Crippen LogP) is 4.78. The highest BCUT2D eigenvalue weighted by Gasteiger charge is 2.14. The lowest BCUT2D eigenvalue weighted by Crippen LogP contribution is -2.27. The van der Waals surface area contributed by atoms with Gasteiger partial charge < -0.3 is 5.32 Å². The zero-order valence-electron chi connectivity index (χ0n) is 17.9. The van der Waals surface area contributed by atoms with Crippen LogP contribution in [0.5, 0.6) is 0 Å². The van der Waals surface area contributed by atoms with Gasteiger partial charge in [0.15, 0.2) is 0 Å². The van der Waals surface area contributed by atoms with Crippen LogP contribution in [0.4, 0.5) is 0 Å². The van der Waals surface area contributed by atoms with Crippen LogP contribution in [0.3, 0.4) is 0 Å². The summed E-state index contributed by atoms with van der Waals surface area (Å²) in [4.78, 5) is 22.2. The summed E-state index contributed by atoms with van der Waals surface area (Å²) < 4.78 is 1.98. The fourth-order valence-electron chi connectivity index (χ4n) is 3.45. The maximum Gasteiger partial charge on any atom is 0.230 e. The van der Waals surface area contributed by atoms with E-state index in [4.69, 9.17) is 0 Å². The number of hydrogen-bond acceptors (Lipinski definition) is 6. The Hall–Kier alpha value is -2.71. The molecule has 0 aliphatic heterocycles. The maximum absolute atomic E-state index is 12.4. The van der Waals surface area contributed by atoms with Crippen molar-refractivity contribution in [2.75, 3.05) is 12.3 Å². The number of carbonyl (C=O) groups is 1. The number of benzene rings is 1. The zero-order valence-corrected chi connectivity index (χ0v) is 19.5. The maximum atomic E-state index is 12.4. The van der Waals surface area contributed by atoms with Crippen molar-refractivity contribution in [3.05, 3.63) is 59.0 Å². The van der Waals surface area contributed by atoms with Gasteiger partial charge in [0.1, 0.15) is 16.2 Å². The average Bonchev–Trinajstić information content (AvgIpc) is 3.33. The van der Waals surface area contributed by atoms with Crippen LogP contribution in [-0.2, 0) is 11.3 Å². The average molecular weight is 452 g/mol. The Morgan fingerprint density at radius 3 is 2.71 bits per heavy atom. The van der Waals surface area contributed by atoms with E-state index in [0.717, 1.165) is 50.7 Å². The minimum absolute atomic E-state index is 0.0113. The molecule has 0 atom stereocenters. The molecule has 6 nitrogen and oxygen atoms in total. The third-order valence-electron chi connectivity index (χ3n) is 5.01. The molecule has 0 spiro atoms. The SMILES string of the molecule is Cc1ccc(-c2csc3ncnc(SCC(=O)NCCCn4nc(C)cc4C)c23)cc1. The Morgan fingerprint density at radius 2 is 1.97 bits per heavy atom. The quantitative estimate of drug-likeness (QED) is 0.237. The predicted molar refractivity (Wildman–Crippen MR) is 128 cm³/mol. The first kappa shape index (κ1) is 21.5. The van der Waals surface area contributed by atoms with Gasteiger partial charge in [0, 0.05) is 29.7 Å². The molecule has 0 radical (unpaired) electrons. The number of rotatable bonds is 8. The molecule has 0 saturated heterocycles. The summed E-state index contributed by atoms with van der Waals surface area (Å²) in [5.74, 6) is 0.340. The largest absolute Gasteiger partial charge is 0.355 e. The van der Waals surface area contributed by atoms with Crippen LogP contribution in [-0.4, -0.2) is 38.0 Å². The molecule has 4 aromatic rings. The molecule has 0 aliphatic rings. The second-order valence-electron chi connectivity index (χ2n) is 7.52. The lowest BCUT2D eigenvalue weighted by Gasteiger charge is -2.08.